The minimum Gasteiger partial charge on any atom is -0.358 e. The topological polar surface area (TPSA) is 63.2 Å². The zero-order valence-corrected chi connectivity index (χ0v) is 11.4. The highest BCUT2D eigenvalue weighted by molar-refractivity contribution is 5.87. The van der Waals surface area contributed by atoms with Crippen LogP contribution in [0, 0.1) is 34.6 Å². The standard InChI is InChI=1S/C14H22N4/c1-12(2)6-7-13(10-15)14(17-11-16)18-8-4-3-5-9-18/h12-13H,3-9H2,1-2H3/b17-14-. The van der Waals surface area contributed by atoms with Gasteiger partial charge < -0.3 is 4.90 Å². The van der Waals surface area contributed by atoms with Crippen LogP contribution in [0.4, 0.5) is 0 Å². The van der Waals surface area contributed by atoms with Crippen molar-refractivity contribution < 1.29 is 0 Å². The Morgan fingerprint density at radius 3 is 2.33 bits per heavy atom. The molecule has 1 saturated heterocycles. The van der Waals surface area contributed by atoms with E-state index >= 15 is 0 Å². The van der Waals surface area contributed by atoms with E-state index in [1.807, 2.05) is 6.19 Å². The van der Waals surface area contributed by atoms with Gasteiger partial charge in [0.25, 0.3) is 0 Å². The highest BCUT2D eigenvalue weighted by atomic mass is 15.2. The maximum atomic E-state index is 9.30. The van der Waals surface area contributed by atoms with Crippen LogP contribution in [0.1, 0.15) is 46.0 Å². The highest BCUT2D eigenvalue weighted by Gasteiger charge is 2.23. The van der Waals surface area contributed by atoms with Crippen LogP contribution >= 0.6 is 0 Å². The van der Waals surface area contributed by atoms with Crippen LogP contribution in [0.25, 0.3) is 0 Å². The van der Waals surface area contributed by atoms with Gasteiger partial charge in [-0.2, -0.15) is 15.5 Å². The quantitative estimate of drug-likeness (QED) is 0.435. The molecule has 0 bridgehead atoms. The normalized spacial score (nSPS) is 18.3. The Hall–Kier alpha value is -1.55. The first-order chi connectivity index (χ1) is 8.69. The molecule has 1 rings (SSSR count). The maximum Gasteiger partial charge on any atom is 0.207 e. The van der Waals surface area contributed by atoms with Crippen LogP contribution in [0.2, 0.25) is 0 Å². The van der Waals surface area contributed by atoms with Crippen molar-refractivity contribution in [1.29, 1.82) is 10.5 Å². The van der Waals surface area contributed by atoms with Crippen LogP contribution in [-0.2, 0) is 0 Å². The molecule has 1 unspecified atom stereocenters. The summed E-state index contributed by atoms with van der Waals surface area (Å²) in [6, 6.07) is 2.32. The van der Waals surface area contributed by atoms with Crippen LogP contribution < -0.4 is 0 Å². The molecule has 1 fully saturated rings. The van der Waals surface area contributed by atoms with Gasteiger partial charge >= 0.3 is 0 Å². The number of nitrogens with zero attached hydrogens (tertiary/aromatic N) is 4. The summed E-state index contributed by atoms with van der Waals surface area (Å²) in [6.45, 7) is 6.16. The molecule has 0 N–H and O–H groups in total. The van der Waals surface area contributed by atoms with Crippen molar-refractivity contribution in [3.8, 4) is 12.3 Å². The van der Waals surface area contributed by atoms with Gasteiger partial charge in [-0.15, -0.1) is 0 Å². The zero-order chi connectivity index (χ0) is 13.4. The zero-order valence-electron chi connectivity index (χ0n) is 11.4. The Morgan fingerprint density at radius 1 is 1.17 bits per heavy atom. The molecule has 1 aliphatic rings. The van der Waals surface area contributed by atoms with Gasteiger partial charge in [-0.1, -0.05) is 13.8 Å². The molecule has 4 nitrogen and oxygen atoms in total. The summed E-state index contributed by atoms with van der Waals surface area (Å²) in [4.78, 5) is 6.05. The molecule has 0 spiro atoms. The number of likely N-dealkylation sites (tertiary alicyclic amines) is 1. The van der Waals surface area contributed by atoms with Crippen molar-refractivity contribution in [2.75, 3.05) is 13.1 Å². The first kappa shape index (κ1) is 14.5. The molecular formula is C14H22N4. The molecule has 0 aromatic heterocycles. The molecule has 0 aliphatic carbocycles. The van der Waals surface area contributed by atoms with Gasteiger partial charge in [0.05, 0.1) is 6.07 Å². The summed E-state index contributed by atoms with van der Waals surface area (Å²) >= 11 is 0. The molecule has 98 valence electrons. The first-order valence-corrected chi connectivity index (χ1v) is 6.80. The molecular weight excluding hydrogens is 224 g/mol. The fourth-order valence-electron chi connectivity index (χ4n) is 2.29. The Bertz CT molecular complexity index is 353. The van der Waals surface area contributed by atoms with Crippen molar-refractivity contribution >= 4 is 5.84 Å². The van der Waals surface area contributed by atoms with Gasteiger partial charge in [0.1, 0.15) is 11.8 Å². The summed E-state index contributed by atoms with van der Waals surface area (Å²) < 4.78 is 0. The molecule has 4 heteroatoms. The lowest BCUT2D eigenvalue weighted by atomic mass is 9.96. The molecule has 0 saturated carbocycles. The third kappa shape index (κ3) is 4.37. The van der Waals surface area contributed by atoms with E-state index in [0.29, 0.717) is 11.8 Å². The number of rotatable bonds is 4. The molecule has 0 aromatic rings. The van der Waals surface area contributed by atoms with E-state index in [2.05, 4.69) is 29.8 Å². The minimum atomic E-state index is -0.231. The average Bonchev–Trinajstić information content (AvgIpc) is 2.39. The number of aliphatic imine (C=N–C) groups is 1. The largest absolute Gasteiger partial charge is 0.358 e. The molecule has 1 heterocycles. The second kappa shape index (κ2) is 7.71. The van der Waals surface area contributed by atoms with Crippen molar-refractivity contribution in [3.05, 3.63) is 0 Å². The average molecular weight is 246 g/mol. The lowest BCUT2D eigenvalue weighted by Gasteiger charge is -2.31. The van der Waals surface area contributed by atoms with E-state index in [1.165, 1.54) is 6.42 Å². The maximum absolute atomic E-state index is 9.30. The highest BCUT2D eigenvalue weighted by Crippen LogP contribution is 2.19. The molecule has 1 aliphatic heterocycles. The number of hydrogen-bond donors (Lipinski definition) is 0. The Balaban J connectivity index is 2.72. The summed E-state index contributed by atoms with van der Waals surface area (Å²) in [5.74, 6) is 1.04. The molecule has 0 amide bonds. The fourth-order valence-corrected chi connectivity index (χ4v) is 2.29. The van der Waals surface area contributed by atoms with Crippen molar-refractivity contribution in [2.24, 2.45) is 16.8 Å². The summed E-state index contributed by atoms with van der Waals surface area (Å²) in [7, 11) is 0. The van der Waals surface area contributed by atoms with Gasteiger partial charge in [-0.3, -0.25) is 0 Å². The molecule has 1 atom stereocenters. The minimum absolute atomic E-state index is 0.231. The van der Waals surface area contributed by atoms with Gasteiger partial charge in [0, 0.05) is 13.1 Å². The number of nitriles is 2. The smallest absolute Gasteiger partial charge is 0.207 e. The lowest BCUT2D eigenvalue weighted by Crippen LogP contribution is -2.39. The van der Waals surface area contributed by atoms with Crippen molar-refractivity contribution in [2.45, 2.75) is 46.0 Å². The molecule has 0 aromatic carbocycles. The Kier molecular flexibility index (Phi) is 6.22. The lowest BCUT2D eigenvalue weighted by molar-refractivity contribution is 0.328. The van der Waals surface area contributed by atoms with Gasteiger partial charge in [0.15, 0.2) is 0 Å². The number of hydrogen-bond acceptors (Lipinski definition) is 3. The van der Waals surface area contributed by atoms with E-state index in [0.717, 1.165) is 38.8 Å². The van der Waals surface area contributed by atoms with Crippen molar-refractivity contribution in [3.63, 3.8) is 0 Å². The van der Waals surface area contributed by atoms with E-state index in [1.54, 1.807) is 0 Å². The van der Waals surface area contributed by atoms with Crippen molar-refractivity contribution in [1.82, 2.24) is 4.90 Å². The second-order valence-corrected chi connectivity index (χ2v) is 5.27. The molecule has 18 heavy (non-hydrogen) atoms. The Morgan fingerprint density at radius 2 is 1.83 bits per heavy atom. The predicted octanol–water partition coefficient (Wildman–Crippen LogP) is 2.93. The van der Waals surface area contributed by atoms with Crippen LogP contribution in [0.3, 0.4) is 0 Å². The van der Waals surface area contributed by atoms with Crippen LogP contribution in [0.5, 0.6) is 0 Å². The monoisotopic (exact) mass is 246 g/mol. The van der Waals surface area contributed by atoms with Crippen LogP contribution in [0.15, 0.2) is 4.99 Å². The van der Waals surface area contributed by atoms with E-state index in [4.69, 9.17) is 5.26 Å². The predicted molar refractivity (Wildman–Crippen MR) is 71.6 cm³/mol. The Labute approximate surface area is 110 Å². The first-order valence-electron chi connectivity index (χ1n) is 6.80. The summed E-state index contributed by atoms with van der Waals surface area (Å²) in [6.07, 6.45) is 7.16. The SMILES string of the molecule is CC(C)CCC(C#N)/C(=N/C#N)N1CCCCC1. The summed E-state index contributed by atoms with van der Waals surface area (Å²) in [5.41, 5.74) is 0. The van der Waals surface area contributed by atoms with E-state index < -0.39 is 0 Å². The van der Waals surface area contributed by atoms with Gasteiger partial charge in [0.2, 0.25) is 6.19 Å². The molecule has 0 radical (unpaired) electrons. The second-order valence-electron chi connectivity index (χ2n) is 5.27. The third-order valence-corrected chi connectivity index (χ3v) is 3.34. The number of piperidine rings is 1. The third-order valence-electron chi connectivity index (χ3n) is 3.34. The fraction of sp³-hybridized carbons (Fsp3) is 0.786. The van der Waals surface area contributed by atoms with Gasteiger partial charge in [-0.25, -0.2) is 0 Å². The van der Waals surface area contributed by atoms with E-state index in [9.17, 15) is 5.26 Å². The number of amidine groups is 1. The van der Waals surface area contributed by atoms with Crippen LogP contribution in [-0.4, -0.2) is 23.8 Å². The van der Waals surface area contributed by atoms with Gasteiger partial charge in [-0.05, 0) is 38.0 Å². The summed E-state index contributed by atoms with van der Waals surface area (Å²) in [5, 5.41) is 18.1. The van der Waals surface area contributed by atoms with E-state index in [-0.39, 0.29) is 5.92 Å².